The molecular weight excluding hydrogens is 292 g/mol. The van der Waals surface area contributed by atoms with Crippen molar-refractivity contribution in [2.24, 2.45) is 0 Å². The van der Waals surface area contributed by atoms with Gasteiger partial charge in [0.05, 0.1) is 0 Å². The molecule has 0 unspecified atom stereocenters. The second kappa shape index (κ2) is 14.0. The molecule has 0 amide bonds. The molecule has 23 heavy (non-hydrogen) atoms. The van der Waals surface area contributed by atoms with Gasteiger partial charge in [-0.3, -0.25) is 0 Å². The molecule has 0 radical (unpaired) electrons. The Labute approximate surface area is 140 Å². The fourth-order valence-electron chi connectivity index (χ4n) is 2.48. The molecule has 0 aliphatic carbocycles. The summed E-state index contributed by atoms with van der Waals surface area (Å²) in [5, 5.41) is 17.4. The zero-order valence-electron chi connectivity index (χ0n) is 14.3. The minimum absolute atomic E-state index is 0.317. The SMILES string of the molecule is C=C(CCCCCCCCCCCCCC(=C)C(=O)O)C(=O)O. The van der Waals surface area contributed by atoms with E-state index in [-0.39, 0.29) is 0 Å². The lowest BCUT2D eigenvalue weighted by Crippen LogP contribution is -1.98. The van der Waals surface area contributed by atoms with Crippen LogP contribution in [-0.2, 0) is 9.59 Å². The molecule has 0 aliphatic heterocycles. The zero-order chi connectivity index (χ0) is 17.5. The Morgan fingerprint density at radius 1 is 0.522 bits per heavy atom. The molecule has 0 heterocycles. The van der Waals surface area contributed by atoms with Gasteiger partial charge in [-0.1, -0.05) is 70.9 Å². The quantitative estimate of drug-likeness (QED) is 0.297. The molecule has 0 aromatic rings. The van der Waals surface area contributed by atoms with Crippen LogP contribution in [0.2, 0.25) is 0 Å². The van der Waals surface area contributed by atoms with Gasteiger partial charge < -0.3 is 10.2 Å². The van der Waals surface area contributed by atoms with Crippen molar-refractivity contribution in [1.82, 2.24) is 0 Å². The zero-order valence-corrected chi connectivity index (χ0v) is 14.3. The number of carboxylic acids is 2. The number of unbranched alkanes of at least 4 members (excludes halogenated alkanes) is 10. The summed E-state index contributed by atoms with van der Waals surface area (Å²) in [6.45, 7) is 7.06. The molecule has 4 heteroatoms. The van der Waals surface area contributed by atoms with Gasteiger partial charge in [0.15, 0.2) is 0 Å². The molecule has 0 bridgehead atoms. The van der Waals surface area contributed by atoms with Crippen LogP contribution in [0.3, 0.4) is 0 Å². The normalized spacial score (nSPS) is 10.4. The van der Waals surface area contributed by atoms with Crippen LogP contribution in [0.1, 0.15) is 83.5 Å². The highest BCUT2D eigenvalue weighted by atomic mass is 16.4. The first-order chi connectivity index (χ1) is 10.9. The van der Waals surface area contributed by atoms with E-state index >= 15 is 0 Å². The molecule has 0 fully saturated rings. The van der Waals surface area contributed by atoms with Gasteiger partial charge in [-0.25, -0.2) is 9.59 Å². The molecule has 2 N–H and O–H groups in total. The van der Waals surface area contributed by atoms with Crippen LogP contribution in [0.4, 0.5) is 0 Å². The third-order valence-electron chi connectivity index (χ3n) is 4.06. The maximum atomic E-state index is 10.6. The maximum Gasteiger partial charge on any atom is 0.330 e. The van der Waals surface area contributed by atoms with E-state index in [4.69, 9.17) is 10.2 Å². The van der Waals surface area contributed by atoms with E-state index in [2.05, 4.69) is 13.2 Å². The average Bonchev–Trinajstić information content (AvgIpc) is 2.50. The molecule has 0 saturated carbocycles. The first kappa shape index (κ1) is 21.4. The number of hydrogen-bond donors (Lipinski definition) is 2. The highest BCUT2D eigenvalue weighted by Gasteiger charge is 2.03. The number of hydrogen-bond acceptors (Lipinski definition) is 2. The van der Waals surface area contributed by atoms with Crippen molar-refractivity contribution < 1.29 is 19.8 Å². The summed E-state index contributed by atoms with van der Waals surface area (Å²) in [5.41, 5.74) is 0.633. The number of rotatable bonds is 16. The van der Waals surface area contributed by atoms with Crippen LogP contribution >= 0.6 is 0 Å². The van der Waals surface area contributed by atoms with Crippen LogP contribution in [0.25, 0.3) is 0 Å². The van der Waals surface area contributed by atoms with Crippen LogP contribution in [0.5, 0.6) is 0 Å². The average molecular weight is 324 g/mol. The molecule has 0 rings (SSSR count). The fraction of sp³-hybridized carbons (Fsp3) is 0.684. The number of aliphatic carboxylic acids is 2. The lowest BCUT2D eigenvalue weighted by atomic mass is 10.0. The van der Waals surface area contributed by atoms with E-state index in [0.29, 0.717) is 24.0 Å². The number of carboxylic acid groups (broad SMARTS) is 2. The first-order valence-corrected chi connectivity index (χ1v) is 8.77. The monoisotopic (exact) mass is 324 g/mol. The van der Waals surface area contributed by atoms with Crippen LogP contribution in [0, 0.1) is 0 Å². The Morgan fingerprint density at radius 2 is 0.739 bits per heavy atom. The molecule has 0 spiro atoms. The lowest BCUT2D eigenvalue weighted by Gasteiger charge is -2.03. The van der Waals surface area contributed by atoms with Crippen molar-refractivity contribution in [3.05, 3.63) is 24.3 Å². The Balaban J connectivity index is 3.19. The Bertz CT molecular complexity index is 349. The summed E-state index contributed by atoms with van der Waals surface area (Å²) in [7, 11) is 0. The molecule has 0 atom stereocenters. The van der Waals surface area contributed by atoms with E-state index in [1.54, 1.807) is 0 Å². The summed E-state index contributed by atoms with van der Waals surface area (Å²) >= 11 is 0. The van der Waals surface area contributed by atoms with E-state index in [1.165, 1.54) is 44.9 Å². The van der Waals surface area contributed by atoms with Gasteiger partial charge in [-0.05, 0) is 25.7 Å². The molecule has 4 nitrogen and oxygen atoms in total. The van der Waals surface area contributed by atoms with Gasteiger partial charge in [-0.2, -0.15) is 0 Å². The van der Waals surface area contributed by atoms with Crippen molar-refractivity contribution >= 4 is 11.9 Å². The van der Waals surface area contributed by atoms with Crippen molar-refractivity contribution in [2.45, 2.75) is 83.5 Å². The highest BCUT2D eigenvalue weighted by molar-refractivity contribution is 5.85. The van der Waals surface area contributed by atoms with Gasteiger partial charge in [0.1, 0.15) is 0 Å². The summed E-state index contributed by atoms with van der Waals surface area (Å²) in [5.74, 6) is -1.76. The van der Waals surface area contributed by atoms with Gasteiger partial charge in [0, 0.05) is 11.1 Å². The van der Waals surface area contributed by atoms with Crippen molar-refractivity contribution in [3.8, 4) is 0 Å². The van der Waals surface area contributed by atoms with Gasteiger partial charge in [0.25, 0.3) is 0 Å². The highest BCUT2D eigenvalue weighted by Crippen LogP contribution is 2.14. The van der Waals surface area contributed by atoms with Gasteiger partial charge >= 0.3 is 11.9 Å². The van der Waals surface area contributed by atoms with E-state index in [0.717, 1.165) is 25.7 Å². The molecule has 0 aliphatic rings. The smallest absolute Gasteiger partial charge is 0.330 e. The molecule has 0 aromatic carbocycles. The molecule has 0 saturated heterocycles. The maximum absolute atomic E-state index is 10.6. The first-order valence-electron chi connectivity index (χ1n) is 8.77. The van der Waals surface area contributed by atoms with Crippen molar-refractivity contribution in [1.29, 1.82) is 0 Å². The molecule has 0 aromatic heterocycles. The van der Waals surface area contributed by atoms with Gasteiger partial charge in [0.2, 0.25) is 0 Å². The van der Waals surface area contributed by atoms with Crippen molar-refractivity contribution in [3.63, 3.8) is 0 Å². The predicted octanol–water partition coefficient (Wildman–Crippen LogP) is 5.34. The van der Waals surface area contributed by atoms with Crippen LogP contribution < -0.4 is 0 Å². The second-order valence-electron chi connectivity index (χ2n) is 6.21. The topological polar surface area (TPSA) is 74.6 Å². The van der Waals surface area contributed by atoms with Gasteiger partial charge in [-0.15, -0.1) is 0 Å². The van der Waals surface area contributed by atoms with Crippen LogP contribution in [0.15, 0.2) is 24.3 Å². The Morgan fingerprint density at radius 3 is 0.957 bits per heavy atom. The van der Waals surface area contributed by atoms with E-state index in [9.17, 15) is 9.59 Å². The largest absolute Gasteiger partial charge is 0.478 e. The van der Waals surface area contributed by atoms with E-state index < -0.39 is 11.9 Å². The summed E-state index contributed by atoms with van der Waals surface area (Å²) in [4.78, 5) is 21.1. The lowest BCUT2D eigenvalue weighted by molar-refractivity contribution is -0.133. The van der Waals surface area contributed by atoms with Crippen molar-refractivity contribution in [2.75, 3.05) is 0 Å². The third kappa shape index (κ3) is 13.8. The molecule has 132 valence electrons. The summed E-state index contributed by atoms with van der Waals surface area (Å²) < 4.78 is 0. The van der Waals surface area contributed by atoms with E-state index in [1.807, 2.05) is 0 Å². The number of carbonyl (C=O) groups is 2. The Kier molecular flexibility index (Phi) is 13.1. The second-order valence-corrected chi connectivity index (χ2v) is 6.21. The minimum atomic E-state index is -0.878. The summed E-state index contributed by atoms with van der Waals surface area (Å²) in [6.07, 6.45) is 13.7. The third-order valence-corrected chi connectivity index (χ3v) is 4.06. The Hall–Kier alpha value is -1.58. The summed E-state index contributed by atoms with van der Waals surface area (Å²) in [6, 6.07) is 0. The minimum Gasteiger partial charge on any atom is -0.478 e. The molecular formula is C19H32O4. The predicted molar refractivity (Wildman–Crippen MR) is 93.6 cm³/mol. The standard InChI is InChI=1S/C19H32O4/c1-16(18(20)21)14-12-10-8-6-4-3-5-7-9-11-13-15-17(2)19(22)23/h1-15H2,(H,20,21)(H,22,23). The van der Waals surface area contributed by atoms with Crippen LogP contribution in [-0.4, -0.2) is 22.2 Å². The fourth-order valence-corrected chi connectivity index (χ4v) is 2.48.